The van der Waals surface area contributed by atoms with Crippen LogP contribution in [-0.2, 0) is 0 Å². The van der Waals surface area contributed by atoms with E-state index in [9.17, 15) is 9.59 Å². The van der Waals surface area contributed by atoms with Crippen molar-refractivity contribution in [1.82, 2.24) is 14.5 Å². The van der Waals surface area contributed by atoms with Crippen molar-refractivity contribution in [2.24, 2.45) is 5.73 Å². The summed E-state index contributed by atoms with van der Waals surface area (Å²) in [6.45, 7) is 0. The van der Waals surface area contributed by atoms with Gasteiger partial charge in [0, 0.05) is 11.2 Å². The van der Waals surface area contributed by atoms with E-state index in [0.29, 0.717) is 27.4 Å². The number of fused-ring (bicyclic) bond motifs is 1. The largest absolute Gasteiger partial charge is 0.366 e. The topological polar surface area (TPSA) is 103 Å². The molecule has 0 saturated carbocycles. The first kappa shape index (κ1) is 17.7. The van der Waals surface area contributed by atoms with Crippen molar-refractivity contribution in [3.8, 4) is 5.69 Å². The third kappa shape index (κ3) is 3.30. The molecule has 138 valence electrons. The average molecular weight is 392 g/mol. The second-order valence-corrected chi connectivity index (χ2v) is 6.43. The highest BCUT2D eigenvalue weighted by Gasteiger charge is 2.14. The number of hydrogen-bond acceptors (Lipinski definition) is 5. The Morgan fingerprint density at radius 1 is 1.07 bits per heavy atom. The van der Waals surface area contributed by atoms with E-state index < -0.39 is 5.91 Å². The standard InChI is InChI=1S/C20H14ClN5O2/c21-13-7-8-16-15(10-13)19(28)26(14-4-2-1-3-5-14)20(24-16)25-17-9-6-12(11-23-17)18(22)27/h1-11H,(H2,22,27)(H,23,24,25). The van der Waals surface area contributed by atoms with Crippen LogP contribution in [0.25, 0.3) is 16.6 Å². The zero-order valence-electron chi connectivity index (χ0n) is 14.5. The first-order valence-corrected chi connectivity index (χ1v) is 8.71. The van der Waals surface area contributed by atoms with Crippen molar-refractivity contribution >= 4 is 40.2 Å². The number of halogens is 1. The molecule has 4 rings (SSSR count). The fourth-order valence-electron chi connectivity index (χ4n) is 2.79. The van der Waals surface area contributed by atoms with Gasteiger partial charge in [0.1, 0.15) is 5.82 Å². The highest BCUT2D eigenvalue weighted by molar-refractivity contribution is 6.31. The minimum Gasteiger partial charge on any atom is -0.366 e. The number of nitrogens with two attached hydrogens (primary N) is 1. The van der Waals surface area contributed by atoms with E-state index in [1.165, 1.54) is 10.8 Å². The third-order valence-corrected chi connectivity index (χ3v) is 4.37. The molecule has 0 radical (unpaired) electrons. The Kier molecular flexibility index (Phi) is 4.50. The van der Waals surface area contributed by atoms with Crippen LogP contribution in [0.1, 0.15) is 10.4 Å². The number of para-hydroxylation sites is 1. The number of nitrogens with one attached hydrogen (secondary N) is 1. The Labute approximate surface area is 164 Å². The highest BCUT2D eigenvalue weighted by Crippen LogP contribution is 2.21. The Hall–Kier alpha value is -3.71. The lowest BCUT2D eigenvalue weighted by molar-refractivity contribution is 0.1000. The van der Waals surface area contributed by atoms with Gasteiger partial charge in [-0.15, -0.1) is 0 Å². The van der Waals surface area contributed by atoms with Crippen molar-refractivity contribution in [1.29, 1.82) is 0 Å². The number of nitrogens with zero attached hydrogens (tertiary/aromatic N) is 3. The highest BCUT2D eigenvalue weighted by atomic mass is 35.5. The normalized spacial score (nSPS) is 10.8. The molecule has 0 spiro atoms. The summed E-state index contributed by atoms with van der Waals surface area (Å²) in [5, 5.41) is 3.90. The lowest BCUT2D eigenvalue weighted by atomic mass is 10.2. The molecule has 3 N–H and O–H groups in total. The fourth-order valence-corrected chi connectivity index (χ4v) is 2.96. The Morgan fingerprint density at radius 2 is 1.86 bits per heavy atom. The van der Waals surface area contributed by atoms with E-state index >= 15 is 0 Å². The predicted octanol–water partition coefficient (Wildman–Crippen LogP) is 3.28. The van der Waals surface area contributed by atoms with Crippen LogP contribution in [0.2, 0.25) is 5.02 Å². The number of carbonyl (C=O) groups excluding carboxylic acids is 1. The molecule has 1 amide bonds. The van der Waals surface area contributed by atoms with Crippen molar-refractivity contribution in [3.63, 3.8) is 0 Å². The molecule has 0 saturated heterocycles. The summed E-state index contributed by atoms with van der Waals surface area (Å²) in [5.41, 5.74) is 6.39. The quantitative estimate of drug-likeness (QED) is 0.555. The molecular formula is C20H14ClN5O2. The molecule has 2 aromatic carbocycles. The summed E-state index contributed by atoms with van der Waals surface area (Å²) in [4.78, 5) is 33.1. The predicted molar refractivity (Wildman–Crippen MR) is 108 cm³/mol. The molecule has 28 heavy (non-hydrogen) atoms. The lowest BCUT2D eigenvalue weighted by Crippen LogP contribution is -2.23. The maximum Gasteiger partial charge on any atom is 0.267 e. The maximum atomic E-state index is 13.2. The zero-order valence-corrected chi connectivity index (χ0v) is 15.2. The summed E-state index contributed by atoms with van der Waals surface area (Å²) in [6.07, 6.45) is 1.36. The molecular weight excluding hydrogens is 378 g/mol. The first-order chi connectivity index (χ1) is 13.5. The van der Waals surface area contributed by atoms with Gasteiger partial charge < -0.3 is 11.1 Å². The van der Waals surface area contributed by atoms with Gasteiger partial charge in [-0.25, -0.2) is 14.5 Å². The van der Waals surface area contributed by atoms with Crippen LogP contribution in [0.5, 0.6) is 0 Å². The van der Waals surface area contributed by atoms with Crippen molar-refractivity contribution < 1.29 is 4.79 Å². The van der Waals surface area contributed by atoms with E-state index in [1.807, 2.05) is 18.2 Å². The maximum absolute atomic E-state index is 13.2. The smallest absolute Gasteiger partial charge is 0.267 e. The molecule has 0 fully saturated rings. The Balaban J connectivity index is 1.90. The van der Waals surface area contributed by atoms with Crippen LogP contribution < -0.4 is 16.6 Å². The number of amides is 1. The van der Waals surface area contributed by atoms with Gasteiger partial charge in [-0.1, -0.05) is 29.8 Å². The van der Waals surface area contributed by atoms with Crippen LogP contribution in [0.3, 0.4) is 0 Å². The van der Waals surface area contributed by atoms with Gasteiger partial charge in [0.15, 0.2) is 0 Å². The summed E-state index contributed by atoms with van der Waals surface area (Å²) in [5.74, 6) is 0.126. The Bertz CT molecular complexity index is 1240. The SMILES string of the molecule is NC(=O)c1ccc(Nc2nc3ccc(Cl)cc3c(=O)n2-c2ccccc2)nc1. The van der Waals surface area contributed by atoms with Gasteiger partial charge in [-0.05, 0) is 42.5 Å². The van der Waals surface area contributed by atoms with E-state index in [0.717, 1.165) is 0 Å². The minimum atomic E-state index is -0.569. The van der Waals surface area contributed by atoms with Crippen molar-refractivity contribution in [2.75, 3.05) is 5.32 Å². The number of anilines is 2. The fraction of sp³-hybridized carbons (Fsp3) is 0. The summed E-state index contributed by atoms with van der Waals surface area (Å²) in [6, 6.07) is 17.2. The van der Waals surface area contributed by atoms with E-state index in [2.05, 4.69) is 15.3 Å². The minimum absolute atomic E-state index is 0.269. The third-order valence-electron chi connectivity index (χ3n) is 4.13. The van der Waals surface area contributed by atoms with Gasteiger partial charge in [-0.3, -0.25) is 9.59 Å². The second kappa shape index (κ2) is 7.13. The summed E-state index contributed by atoms with van der Waals surface area (Å²) < 4.78 is 1.45. The second-order valence-electron chi connectivity index (χ2n) is 5.99. The number of aromatic nitrogens is 3. The summed E-state index contributed by atoms with van der Waals surface area (Å²) >= 11 is 6.06. The average Bonchev–Trinajstić information content (AvgIpc) is 2.70. The molecule has 0 bridgehead atoms. The van der Waals surface area contributed by atoms with E-state index in [-0.39, 0.29) is 17.1 Å². The number of pyridine rings is 1. The number of primary amides is 1. The molecule has 2 aromatic heterocycles. The van der Waals surface area contributed by atoms with Gasteiger partial charge in [0.2, 0.25) is 11.9 Å². The van der Waals surface area contributed by atoms with Crippen LogP contribution in [0.4, 0.5) is 11.8 Å². The van der Waals surface area contributed by atoms with Gasteiger partial charge in [0.05, 0.1) is 22.2 Å². The van der Waals surface area contributed by atoms with Crippen LogP contribution in [0, 0.1) is 0 Å². The summed E-state index contributed by atoms with van der Waals surface area (Å²) in [7, 11) is 0. The Morgan fingerprint density at radius 3 is 2.54 bits per heavy atom. The van der Waals surface area contributed by atoms with Crippen molar-refractivity contribution in [3.05, 3.63) is 87.8 Å². The van der Waals surface area contributed by atoms with Gasteiger partial charge >= 0.3 is 0 Å². The number of carbonyl (C=O) groups is 1. The van der Waals surface area contributed by atoms with Crippen molar-refractivity contribution in [2.45, 2.75) is 0 Å². The van der Waals surface area contributed by atoms with Crippen LogP contribution in [-0.4, -0.2) is 20.4 Å². The molecule has 0 aliphatic heterocycles. The zero-order chi connectivity index (χ0) is 19.7. The van der Waals surface area contributed by atoms with E-state index in [4.69, 9.17) is 17.3 Å². The first-order valence-electron chi connectivity index (χ1n) is 8.33. The molecule has 0 atom stereocenters. The van der Waals surface area contributed by atoms with Gasteiger partial charge in [-0.2, -0.15) is 0 Å². The number of rotatable bonds is 4. The molecule has 8 heteroatoms. The monoisotopic (exact) mass is 391 g/mol. The van der Waals surface area contributed by atoms with E-state index in [1.54, 1.807) is 42.5 Å². The molecule has 7 nitrogen and oxygen atoms in total. The molecule has 4 aromatic rings. The van der Waals surface area contributed by atoms with Crippen LogP contribution >= 0.6 is 11.6 Å². The molecule has 0 aliphatic carbocycles. The molecule has 0 unspecified atom stereocenters. The number of benzene rings is 2. The lowest BCUT2D eigenvalue weighted by Gasteiger charge is -2.14. The molecule has 2 heterocycles. The van der Waals surface area contributed by atoms with Gasteiger partial charge in [0.25, 0.3) is 5.56 Å². The number of hydrogen-bond donors (Lipinski definition) is 2. The molecule has 0 aliphatic rings. The van der Waals surface area contributed by atoms with Crippen LogP contribution in [0.15, 0.2) is 71.7 Å².